The number of rotatable bonds is 5. The largest absolute Gasteiger partial charge is 0.459 e. The van der Waals surface area contributed by atoms with Crippen molar-refractivity contribution in [1.82, 2.24) is 15.0 Å². The van der Waals surface area contributed by atoms with E-state index in [9.17, 15) is 4.79 Å². The van der Waals surface area contributed by atoms with Crippen LogP contribution in [0.1, 0.15) is 80.3 Å². The van der Waals surface area contributed by atoms with E-state index in [0.717, 1.165) is 18.4 Å². The molecule has 1 aliphatic carbocycles. The second-order valence-corrected chi connectivity index (χ2v) is 8.34. The molecule has 1 heterocycles. The number of fused-ring (bicyclic) bond motifs is 1. The van der Waals surface area contributed by atoms with Gasteiger partial charge in [0, 0.05) is 12.0 Å². The first-order valence-corrected chi connectivity index (χ1v) is 10.3. The van der Waals surface area contributed by atoms with Crippen LogP contribution in [0.5, 0.6) is 0 Å². The molecule has 7 heteroatoms. The van der Waals surface area contributed by atoms with Gasteiger partial charge in [-0.05, 0) is 71.1 Å². The average Bonchev–Trinajstić information content (AvgIpc) is 3.07. The number of hydrogen-bond donors (Lipinski definition) is 0. The van der Waals surface area contributed by atoms with Gasteiger partial charge in [0.05, 0.1) is 17.4 Å². The molecule has 0 amide bonds. The van der Waals surface area contributed by atoms with Gasteiger partial charge in [-0.2, -0.15) is 8.78 Å². The molecule has 0 saturated heterocycles. The molecule has 0 fully saturated rings. The minimum absolute atomic E-state index is 0.00179. The van der Waals surface area contributed by atoms with Gasteiger partial charge >= 0.3 is 5.97 Å². The standard InChI is InChI=1S/C22H29F2N3O2/c1-14(2)27-19-8-6-5-7-18(22(23,24)20(19)25-26-27)13-16-9-11-17(12-10-16)21(28)29-15(3)4/h9-12,14-15,18H,5-8,13H2,1-4H3. The summed E-state index contributed by atoms with van der Waals surface area (Å²) in [4.78, 5) is 12.0. The Labute approximate surface area is 170 Å². The monoisotopic (exact) mass is 405 g/mol. The third-order valence-corrected chi connectivity index (χ3v) is 5.34. The first-order valence-electron chi connectivity index (χ1n) is 10.3. The number of carbonyl (C=O) groups excluding carboxylic acids is 1. The summed E-state index contributed by atoms with van der Waals surface area (Å²) in [7, 11) is 0. The molecule has 29 heavy (non-hydrogen) atoms. The number of carbonyl (C=O) groups is 1. The smallest absolute Gasteiger partial charge is 0.338 e. The lowest BCUT2D eigenvalue weighted by Gasteiger charge is -2.28. The summed E-state index contributed by atoms with van der Waals surface area (Å²) in [5, 5.41) is 7.90. The lowest BCUT2D eigenvalue weighted by atomic mass is 9.83. The summed E-state index contributed by atoms with van der Waals surface area (Å²) in [6.45, 7) is 7.42. The molecule has 158 valence electrons. The van der Waals surface area contributed by atoms with Crippen LogP contribution >= 0.6 is 0 Å². The van der Waals surface area contributed by atoms with Crippen LogP contribution in [0.3, 0.4) is 0 Å². The van der Waals surface area contributed by atoms with Gasteiger partial charge in [0.1, 0.15) is 0 Å². The molecule has 1 aromatic heterocycles. The summed E-state index contributed by atoms with van der Waals surface area (Å²) < 4.78 is 37.7. The fraction of sp³-hybridized carbons (Fsp3) is 0.591. The molecule has 0 aliphatic heterocycles. The van der Waals surface area contributed by atoms with Crippen LogP contribution in [0.4, 0.5) is 8.78 Å². The second kappa shape index (κ2) is 8.59. The highest BCUT2D eigenvalue weighted by atomic mass is 19.3. The number of halogens is 2. The number of alkyl halides is 2. The highest BCUT2D eigenvalue weighted by Gasteiger charge is 2.46. The van der Waals surface area contributed by atoms with Crippen molar-refractivity contribution >= 4 is 5.97 Å². The predicted octanol–water partition coefficient (Wildman–Crippen LogP) is 5.10. The predicted molar refractivity (Wildman–Crippen MR) is 106 cm³/mol. The summed E-state index contributed by atoms with van der Waals surface area (Å²) in [6.07, 6.45) is 2.61. The van der Waals surface area contributed by atoms with Crippen LogP contribution in [-0.4, -0.2) is 27.1 Å². The van der Waals surface area contributed by atoms with Crippen LogP contribution in [0.25, 0.3) is 0 Å². The molecule has 3 rings (SSSR count). The van der Waals surface area contributed by atoms with Gasteiger partial charge in [-0.25, -0.2) is 9.48 Å². The van der Waals surface area contributed by atoms with Gasteiger partial charge in [-0.3, -0.25) is 0 Å². The van der Waals surface area contributed by atoms with Crippen molar-refractivity contribution in [2.75, 3.05) is 0 Å². The van der Waals surface area contributed by atoms with Gasteiger partial charge in [-0.1, -0.05) is 23.8 Å². The maximum Gasteiger partial charge on any atom is 0.338 e. The number of esters is 1. The van der Waals surface area contributed by atoms with Crippen molar-refractivity contribution < 1.29 is 18.3 Å². The van der Waals surface area contributed by atoms with Crippen LogP contribution in [0.2, 0.25) is 0 Å². The third-order valence-electron chi connectivity index (χ3n) is 5.34. The Bertz CT molecular complexity index is 844. The first-order chi connectivity index (χ1) is 13.7. The maximum absolute atomic E-state index is 15.4. The van der Waals surface area contributed by atoms with Crippen molar-refractivity contribution in [2.45, 2.75) is 77.9 Å². The first kappa shape index (κ1) is 21.4. The second-order valence-electron chi connectivity index (χ2n) is 8.34. The van der Waals surface area contributed by atoms with Gasteiger partial charge in [0.25, 0.3) is 5.92 Å². The van der Waals surface area contributed by atoms with Gasteiger partial charge in [0.2, 0.25) is 0 Å². The van der Waals surface area contributed by atoms with Crippen LogP contribution in [-0.2, 0) is 23.5 Å². The Hall–Kier alpha value is -2.31. The zero-order valence-electron chi connectivity index (χ0n) is 17.5. The number of nitrogens with zero attached hydrogens (tertiary/aromatic N) is 3. The molecule has 5 nitrogen and oxygen atoms in total. The summed E-state index contributed by atoms with van der Waals surface area (Å²) in [5.41, 5.74) is 1.58. The van der Waals surface area contributed by atoms with Crippen LogP contribution in [0.15, 0.2) is 24.3 Å². The normalized spacial score (nSPS) is 19.0. The zero-order valence-corrected chi connectivity index (χ0v) is 17.5. The number of benzene rings is 1. The van der Waals surface area contributed by atoms with Gasteiger partial charge < -0.3 is 4.74 Å². The van der Waals surface area contributed by atoms with Crippen molar-refractivity contribution in [3.63, 3.8) is 0 Å². The van der Waals surface area contributed by atoms with E-state index in [4.69, 9.17) is 4.74 Å². The molecular formula is C22H29F2N3O2. The summed E-state index contributed by atoms with van der Waals surface area (Å²) >= 11 is 0. The van der Waals surface area contributed by atoms with Gasteiger partial charge in [0.15, 0.2) is 5.69 Å². The molecule has 0 N–H and O–H groups in total. The van der Waals surface area contributed by atoms with Crippen molar-refractivity contribution in [3.05, 3.63) is 46.8 Å². The van der Waals surface area contributed by atoms with E-state index in [1.807, 2.05) is 13.8 Å². The van der Waals surface area contributed by atoms with Crippen molar-refractivity contribution in [1.29, 1.82) is 0 Å². The quantitative estimate of drug-likeness (QED) is 0.650. The summed E-state index contributed by atoms with van der Waals surface area (Å²) in [5.74, 6) is -4.30. The van der Waals surface area contributed by atoms with E-state index in [-0.39, 0.29) is 24.3 Å². The Morgan fingerprint density at radius 1 is 1.21 bits per heavy atom. The van der Waals surface area contributed by atoms with E-state index in [0.29, 0.717) is 24.1 Å². The van der Waals surface area contributed by atoms with Crippen molar-refractivity contribution in [3.8, 4) is 0 Å². The van der Waals surface area contributed by atoms with E-state index in [1.165, 1.54) is 0 Å². The minimum atomic E-state index is -3.04. The van der Waals surface area contributed by atoms with Crippen LogP contribution < -0.4 is 0 Å². The number of hydrogen-bond acceptors (Lipinski definition) is 4. The fourth-order valence-electron chi connectivity index (χ4n) is 3.85. The Morgan fingerprint density at radius 3 is 2.52 bits per heavy atom. The van der Waals surface area contributed by atoms with E-state index in [1.54, 1.807) is 42.8 Å². The van der Waals surface area contributed by atoms with Gasteiger partial charge in [-0.15, -0.1) is 5.10 Å². The Balaban J connectivity index is 1.82. The van der Waals surface area contributed by atoms with E-state index in [2.05, 4.69) is 10.3 Å². The lowest BCUT2D eigenvalue weighted by Crippen LogP contribution is -2.31. The molecule has 0 saturated carbocycles. The van der Waals surface area contributed by atoms with Crippen molar-refractivity contribution in [2.24, 2.45) is 5.92 Å². The zero-order chi connectivity index (χ0) is 21.2. The highest BCUT2D eigenvalue weighted by Crippen LogP contribution is 2.43. The summed E-state index contributed by atoms with van der Waals surface area (Å²) in [6, 6.07) is 6.75. The molecule has 1 atom stereocenters. The number of ether oxygens (including phenoxy) is 1. The molecule has 2 aromatic rings. The van der Waals surface area contributed by atoms with E-state index < -0.39 is 17.8 Å². The third kappa shape index (κ3) is 4.65. The fourth-order valence-corrected chi connectivity index (χ4v) is 3.85. The van der Waals surface area contributed by atoms with Crippen LogP contribution in [0, 0.1) is 5.92 Å². The molecule has 1 aliphatic rings. The SMILES string of the molecule is CC(C)OC(=O)c1ccc(CC2CCCCc3c(nnn3C(C)C)C2(F)F)cc1. The Morgan fingerprint density at radius 2 is 1.90 bits per heavy atom. The maximum atomic E-state index is 15.4. The Kier molecular flexibility index (Phi) is 6.34. The molecule has 0 bridgehead atoms. The minimum Gasteiger partial charge on any atom is -0.459 e. The van der Waals surface area contributed by atoms with E-state index >= 15 is 8.78 Å². The molecule has 0 radical (unpaired) electrons. The number of aromatic nitrogens is 3. The molecule has 1 unspecified atom stereocenters. The molecule has 0 spiro atoms. The topological polar surface area (TPSA) is 57.0 Å². The molecule has 1 aromatic carbocycles. The average molecular weight is 405 g/mol. The molecular weight excluding hydrogens is 376 g/mol. The highest BCUT2D eigenvalue weighted by molar-refractivity contribution is 5.89. The lowest BCUT2D eigenvalue weighted by molar-refractivity contribution is -0.0751.